The maximum atomic E-state index is 6.66. The molecule has 1 heterocycles. The van der Waals surface area contributed by atoms with E-state index in [0.29, 0.717) is 13.2 Å². The van der Waals surface area contributed by atoms with Gasteiger partial charge in [-0.1, -0.05) is 35.7 Å². The first-order valence-corrected chi connectivity index (χ1v) is 7.85. The van der Waals surface area contributed by atoms with Crippen LogP contribution in [0.4, 0.5) is 0 Å². The zero-order chi connectivity index (χ0) is 13.5. The van der Waals surface area contributed by atoms with Crippen LogP contribution < -0.4 is 15.2 Å². The average Bonchev–Trinajstić information content (AvgIpc) is 2.84. The van der Waals surface area contributed by atoms with Crippen LogP contribution in [0.2, 0.25) is 0 Å². The molecular weight excluding hydrogens is 306 g/mol. The summed E-state index contributed by atoms with van der Waals surface area (Å²) in [7, 11) is 0. The lowest BCUT2D eigenvalue weighted by molar-refractivity contribution is 0.169. The molecule has 0 bridgehead atoms. The molecule has 0 radical (unpaired) electrons. The van der Waals surface area contributed by atoms with Crippen LogP contribution in [0.5, 0.6) is 11.5 Å². The Kier molecular flexibility index (Phi) is 3.48. The predicted molar refractivity (Wildman–Crippen MR) is 78.8 cm³/mol. The van der Waals surface area contributed by atoms with E-state index in [1.807, 2.05) is 6.07 Å². The molecule has 1 aliphatic heterocycles. The Labute approximate surface area is 122 Å². The fourth-order valence-corrected chi connectivity index (χ4v) is 4.19. The van der Waals surface area contributed by atoms with Crippen molar-refractivity contribution < 1.29 is 9.47 Å². The summed E-state index contributed by atoms with van der Waals surface area (Å²) in [6, 6.07) is 2.02. The quantitative estimate of drug-likeness (QED) is 0.904. The molecule has 19 heavy (non-hydrogen) atoms. The van der Waals surface area contributed by atoms with E-state index in [0.717, 1.165) is 35.2 Å². The number of halogens is 1. The molecule has 1 aromatic rings. The molecule has 0 atom stereocenters. The lowest BCUT2D eigenvalue weighted by Crippen LogP contribution is -2.35. The van der Waals surface area contributed by atoms with Crippen molar-refractivity contribution in [2.24, 2.45) is 5.73 Å². The van der Waals surface area contributed by atoms with Gasteiger partial charge in [0.1, 0.15) is 13.2 Å². The number of hydrogen-bond donors (Lipinski definition) is 1. The minimum Gasteiger partial charge on any atom is -0.486 e. The fraction of sp³-hybridized carbons (Fsp3) is 0.600. The Hall–Kier alpha value is -0.740. The SMILES string of the molecule is CCc1c2c(cc(Br)c1C1(N)CCCC1)OCCO2. The zero-order valence-corrected chi connectivity index (χ0v) is 12.9. The van der Waals surface area contributed by atoms with Crippen LogP contribution in [0.25, 0.3) is 0 Å². The highest BCUT2D eigenvalue weighted by Crippen LogP contribution is 2.48. The summed E-state index contributed by atoms with van der Waals surface area (Å²) in [5.41, 5.74) is 8.91. The second kappa shape index (κ2) is 4.98. The van der Waals surface area contributed by atoms with Gasteiger partial charge in [-0.15, -0.1) is 0 Å². The van der Waals surface area contributed by atoms with Crippen LogP contribution in [-0.2, 0) is 12.0 Å². The molecule has 0 unspecified atom stereocenters. The molecule has 4 heteroatoms. The van der Waals surface area contributed by atoms with Gasteiger partial charge in [-0.2, -0.15) is 0 Å². The summed E-state index contributed by atoms with van der Waals surface area (Å²) in [4.78, 5) is 0. The summed E-state index contributed by atoms with van der Waals surface area (Å²) >= 11 is 3.70. The molecule has 3 rings (SSSR count). The van der Waals surface area contributed by atoms with Crippen molar-refractivity contribution in [2.45, 2.75) is 44.6 Å². The van der Waals surface area contributed by atoms with E-state index in [1.165, 1.54) is 24.0 Å². The minimum absolute atomic E-state index is 0.208. The van der Waals surface area contributed by atoms with Crippen LogP contribution in [0.3, 0.4) is 0 Å². The van der Waals surface area contributed by atoms with Crippen molar-refractivity contribution in [3.05, 3.63) is 21.7 Å². The van der Waals surface area contributed by atoms with E-state index < -0.39 is 0 Å². The smallest absolute Gasteiger partial charge is 0.164 e. The molecule has 104 valence electrons. The topological polar surface area (TPSA) is 44.5 Å². The van der Waals surface area contributed by atoms with E-state index in [4.69, 9.17) is 15.2 Å². The van der Waals surface area contributed by atoms with E-state index in [-0.39, 0.29) is 5.54 Å². The van der Waals surface area contributed by atoms with Gasteiger partial charge in [-0.25, -0.2) is 0 Å². The Balaban J connectivity index is 2.18. The minimum atomic E-state index is -0.208. The van der Waals surface area contributed by atoms with Crippen molar-refractivity contribution in [3.63, 3.8) is 0 Å². The van der Waals surface area contributed by atoms with Gasteiger partial charge in [0.15, 0.2) is 11.5 Å². The maximum absolute atomic E-state index is 6.66. The average molecular weight is 326 g/mol. The number of benzene rings is 1. The maximum Gasteiger partial charge on any atom is 0.164 e. The molecule has 1 saturated carbocycles. The van der Waals surface area contributed by atoms with E-state index >= 15 is 0 Å². The van der Waals surface area contributed by atoms with Gasteiger partial charge < -0.3 is 15.2 Å². The van der Waals surface area contributed by atoms with Crippen molar-refractivity contribution in [3.8, 4) is 11.5 Å². The van der Waals surface area contributed by atoms with Crippen molar-refractivity contribution >= 4 is 15.9 Å². The van der Waals surface area contributed by atoms with Crippen LogP contribution in [0.15, 0.2) is 10.5 Å². The van der Waals surface area contributed by atoms with Gasteiger partial charge in [-0.05, 0) is 30.9 Å². The van der Waals surface area contributed by atoms with E-state index in [1.54, 1.807) is 0 Å². The molecule has 0 spiro atoms. The molecule has 0 amide bonds. The van der Waals surface area contributed by atoms with Gasteiger partial charge in [0.05, 0.1) is 0 Å². The highest BCUT2D eigenvalue weighted by Gasteiger charge is 2.37. The molecule has 2 aliphatic rings. The third-order valence-electron chi connectivity index (χ3n) is 4.23. The fourth-order valence-electron chi connectivity index (χ4n) is 3.35. The molecule has 1 aromatic carbocycles. The summed E-state index contributed by atoms with van der Waals surface area (Å²) in [6.07, 6.45) is 5.44. The van der Waals surface area contributed by atoms with E-state index in [9.17, 15) is 0 Å². The van der Waals surface area contributed by atoms with Crippen LogP contribution in [0.1, 0.15) is 43.7 Å². The van der Waals surface area contributed by atoms with Gasteiger partial charge in [0, 0.05) is 15.6 Å². The first-order chi connectivity index (χ1) is 9.15. The Morgan fingerprint density at radius 3 is 2.63 bits per heavy atom. The van der Waals surface area contributed by atoms with Crippen LogP contribution >= 0.6 is 15.9 Å². The van der Waals surface area contributed by atoms with Crippen molar-refractivity contribution in [2.75, 3.05) is 13.2 Å². The lowest BCUT2D eigenvalue weighted by Gasteiger charge is -2.31. The number of rotatable bonds is 2. The zero-order valence-electron chi connectivity index (χ0n) is 11.3. The second-order valence-electron chi connectivity index (χ2n) is 5.45. The Bertz CT molecular complexity index is 495. The Morgan fingerprint density at radius 1 is 1.26 bits per heavy atom. The first kappa shape index (κ1) is 13.3. The summed E-state index contributed by atoms with van der Waals surface area (Å²) in [6.45, 7) is 3.40. The Morgan fingerprint density at radius 2 is 1.95 bits per heavy atom. The van der Waals surface area contributed by atoms with Crippen molar-refractivity contribution in [1.82, 2.24) is 0 Å². The number of hydrogen-bond acceptors (Lipinski definition) is 3. The molecule has 1 aliphatic carbocycles. The number of fused-ring (bicyclic) bond motifs is 1. The van der Waals surface area contributed by atoms with Gasteiger partial charge in [0.25, 0.3) is 0 Å². The lowest BCUT2D eigenvalue weighted by atomic mass is 9.84. The standard InChI is InChI=1S/C15H20BrNO2/c1-2-10-13(15(17)5-3-4-6-15)11(16)9-12-14(10)19-8-7-18-12/h9H,2-8,17H2,1H3. The number of ether oxygens (including phenoxy) is 2. The second-order valence-corrected chi connectivity index (χ2v) is 6.31. The highest BCUT2D eigenvalue weighted by molar-refractivity contribution is 9.10. The van der Waals surface area contributed by atoms with Crippen molar-refractivity contribution in [1.29, 1.82) is 0 Å². The summed E-state index contributed by atoms with van der Waals surface area (Å²) < 4.78 is 12.6. The predicted octanol–water partition coefficient (Wildman–Crippen LogP) is 3.51. The third-order valence-corrected chi connectivity index (χ3v) is 4.86. The van der Waals surface area contributed by atoms with Gasteiger partial charge in [0.2, 0.25) is 0 Å². The third kappa shape index (κ3) is 2.15. The number of nitrogens with two attached hydrogens (primary N) is 1. The normalized spacial score (nSPS) is 20.6. The molecular formula is C15H20BrNO2. The molecule has 0 aromatic heterocycles. The summed E-state index contributed by atoms with van der Waals surface area (Å²) in [5.74, 6) is 1.75. The van der Waals surface area contributed by atoms with Crippen LogP contribution in [0, 0.1) is 0 Å². The van der Waals surface area contributed by atoms with Gasteiger partial charge >= 0.3 is 0 Å². The van der Waals surface area contributed by atoms with Crippen LogP contribution in [-0.4, -0.2) is 13.2 Å². The monoisotopic (exact) mass is 325 g/mol. The molecule has 1 fully saturated rings. The van der Waals surface area contributed by atoms with Gasteiger partial charge in [-0.3, -0.25) is 0 Å². The highest BCUT2D eigenvalue weighted by atomic mass is 79.9. The summed E-state index contributed by atoms with van der Waals surface area (Å²) in [5, 5.41) is 0. The largest absolute Gasteiger partial charge is 0.486 e. The molecule has 0 saturated heterocycles. The van der Waals surface area contributed by atoms with E-state index in [2.05, 4.69) is 22.9 Å². The first-order valence-electron chi connectivity index (χ1n) is 7.06. The molecule has 2 N–H and O–H groups in total. The molecule has 3 nitrogen and oxygen atoms in total.